The van der Waals surface area contributed by atoms with Crippen LogP contribution in [0.25, 0.3) is 10.9 Å². The minimum atomic E-state index is -0.615. The molecule has 0 aliphatic carbocycles. The van der Waals surface area contributed by atoms with Crippen LogP contribution in [0.4, 0.5) is 11.5 Å². The van der Waals surface area contributed by atoms with Crippen LogP contribution in [-0.4, -0.2) is 20.9 Å². The summed E-state index contributed by atoms with van der Waals surface area (Å²) in [4.78, 5) is 22.6. The topological polar surface area (TPSA) is 96.7 Å². The SMILES string of the molecule is Cc1c[nH]c2c(Nc3nccnc3C(N)=O)cccc12. The number of aromatic nitrogens is 3. The van der Waals surface area contributed by atoms with E-state index in [0.29, 0.717) is 5.82 Å². The summed E-state index contributed by atoms with van der Waals surface area (Å²) in [6.45, 7) is 2.03. The van der Waals surface area contributed by atoms with Crippen molar-refractivity contribution in [3.05, 3.63) is 48.0 Å². The highest BCUT2D eigenvalue weighted by Gasteiger charge is 2.12. The Labute approximate surface area is 115 Å². The van der Waals surface area contributed by atoms with E-state index in [1.54, 1.807) is 0 Å². The van der Waals surface area contributed by atoms with Crippen LogP contribution < -0.4 is 11.1 Å². The highest BCUT2D eigenvalue weighted by molar-refractivity contribution is 5.99. The van der Waals surface area contributed by atoms with Crippen LogP contribution in [0.5, 0.6) is 0 Å². The van der Waals surface area contributed by atoms with E-state index in [0.717, 1.165) is 22.2 Å². The normalized spacial score (nSPS) is 10.7. The van der Waals surface area contributed by atoms with Crippen LogP contribution in [0.3, 0.4) is 0 Å². The molecule has 0 saturated heterocycles. The molecule has 2 aromatic heterocycles. The number of fused-ring (bicyclic) bond motifs is 1. The molecule has 0 atom stereocenters. The van der Waals surface area contributed by atoms with Crippen LogP contribution in [0.2, 0.25) is 0 Å². The molecular weight excluding hydrogens is 254 g/mol. The number of H-pyrrole nitrogens is 1. The van der Waals surface area contributed by atoms with Crippen LogP contribution >= 0.6 is 0 Å². The highest BCUT2D eigenvalue weighted by Crippen LogP contribution is 2.27. The van der Waals surface area contributed by atoms with Gasteiger partial charge in [-0.05, 0) is 18.6 Å². The van der Waals surface area contributed by atoms with E-state index in [1.165, 1.54) is 12.4 Å². The van der Waals surface area contributed by atoms with Gasteiger partial charge < -0.3 is 16.0 Å². The lowest BCUT2D eigenvalue weighted by atomic mass is 10.1. The van der Waals surface area contributed by atoms with E-state index >= 15 is 0 Å². The average molecular weight is 267 g/mol. The molecule has 2 heterocycles. The molecule has 3 aromatic rings. The van der Waals surface area contributed by atoms with Gasteiger partial charge >= 0.3 is 0 Å². The van der Waals surface area contributed by atoms with Crippen LogP contribution in [0.15, 0.2) is 36.8 Å². The van der Waals surface area contributed by atoms with Crippen LogP contribution in [-0.2, 0) is 0 Å². The number of anilines is 2. The number of carbonyl (C=O) groups excluding carboxylic acids is 1. The predicted molar refractivity (Wildman–Crippen MR) is 76.9 cm³/mol. The molecule has 0 aliphatic rings. The Morgan fingerprint density at radius 1 is 1.30 bits per heavy atom. The number of para-hydroxylation sites is 1. The van der Waals surface area contributed by atoms with Crippen LogP contribution in [0, 0.1) is 6.92 Å². The lowest BCUT2D eigenvalue weighted by Crippen LogP contribution is -2.16. The van der Waals surface area contributed by atoms with Crippen molar-refractivity contribution in [1.29, 1.82) is 0 Å². The van der Waals surface area contributed by atoms with Gasteiger partial charge in [-0.15, -0.1) is 0 Å². The number of rotatable bonds is 3. The van der Waals surface area contributed by atoms with E-state index < -0.39 is 5.91 Å². The van der Waals surface area contributed by atoms with E-state index in [4.69, 9.17) is 5.73 Å². The number of primary amides is 1. The monoisotopic (exact) mass is 267 g/mol. The Balaban J connectivity index is 2.08. The number of nitrogens with zero attached hydrogens (tertiary/aromatic N) is 2. The molecule has 4 N–H and O–H groups in total. The Kier molecular flexibility index (Phi) is 2.83. The Bertz CT molecular complexity index is 793. The molecule has 6 heteroatoms. The van der Waals surface area contributed by atoms with E-state index in [1.807, 2.05) is 31.3 Å². The standard InChI is InChI=1S/C14H13N5O/c1-8-7-18-11-9(8)3-2-4-10(11)19-14-12(13(15)20)16-5-6-17-14/h2-7,18H,1H3,(H2,15,20)(H,17,19). The smallest absolute Gasteiger partial charge is 0.271 e. The van der Waals surface area contributed by atoms with Crippen molar-refractivity contribution in [3.63, 3.8) is 0 Å². The molecule has 0 saturated carbocycles. The second-order valence-corrected chi connectivity index (χ2v) is 4.44. The van der Waals surface area contributed by atoms with E-state index in [2.05, 4.69) is 20.3 Å². The summed E-state index contributed by atoms with van der Waals surface area (Å²) in [6, 6.07) is 5.86. The van der Waals surface area contributed by atoms with Crippen molar-refractivity contribution in [2.75, 3.05) is 5.32 Å². The molecular formula is C14H13N5O. The molecule has 100 valence electrons. The maximum absolute atomic E-state index is 11.4. The van der Waals surface area contributed by atoms with Gasteiger partial charge in [-0.2, -0.15) is 0 Å². The number of nitrogens with one attached hydrogen (secondary N) is 2. The Morgan fingerprint density at radius 2 is 2.10 bits per heavy atom. The van der Waals surface area contributed by atoms with Crippen LogP contribution in [0.1, 0.15) is 16.1 Å². The number of amides is 1. The summed E-state index contributed by atoms with van der Waals surface area (Å²) in [6.07, 6.45) is 4.88. The second kappa shape index (κ2) is 4.65. The van der Waals surface area contributed by atoms with Crippen molar-refractivity contribution in [2.45, 2.75) is 6.92 Å². The Hall–Kier alpha value is -2.89. The summed E-state index contributed by atoms with van der Waals surface area (Å²) in [5.41, 5.74) is 8.33. The van der Waals surface area contributed by atoms with Gasteiger partial charge in [-0.3, -0.25) is 4.79 Å². The second-order valence-electron chi connectivity index (χ2n) is 4.44. The Morgan fingerprint density at radius 3 is 2.90 bits per heavy atom. The summed E-state index contributed by atoms with van der Waals surface area (Å²) >= 11 is 0. The molecule has 0 radical (unpaired) electrons. The predicted octanol–water partition coefficient (Wildman–Crippen LogP) is 2.11. The molecule has 1 aromatic carbocycles. The van der Waals surface area contributed by atoms with Gasteiger partial charge in [0.1, 0.15) is 0 Å². The van der Waals surface area contributed by atoms with Crippen molar-refractivity contribution in [1.82, 2.24) is 15.0 Å². The molecule has 20 heavy (non-hydrogen) atoms. The number of hydrogen-bond acceptors (Lipinski definition) is 4. The molecule has 0 aliphatic heterocycles. The zero-order valence-electron chi connectivity index (χ0n) is 10.8. The summed E-state index contributed by atoms with van der Waals surface area (Å²) in [5.74, 6) is -0.268. The fourth-order valence-corrected chi connectivity index (χ4v) is 2.14. The zero-order valence-corrected chi connectivity index (χ0v) is 10.8. The molecule has 6 nitrogen and oxygen atoms in total. The molecule has 0 unspecified atom stereocenters. The summed E-state index contributed by atoms with van der Waals surface area (Å²) < 4.78 is 0. The minimum Gasteiger partial charge on any atom is -0.364 e. The van der Waals surface area contributed by atoms with Gasteiger partial charge in [0.25, 0.3) is 5.91 Å². The van der Waals surface area contributed by atoms with Gasteiger partial charge in [-0.1, -0.05) is 12.1 Å². The maximum atomic E-state index is 11.4. The lowest BCUT2D eigenvalue weighted by molar-refractivity contribution is 0.0996. The number of aryl methyl sites for hydroxylation is 1. The zero-order chi connectivity index (χ0) is 14.1. The fourth-order valence-electron chi connectivity index (χ4n) is 2.14. The number of hydrogen-bond donors (Lipinski definition) is 3. The van der Waals surface area contributed by atoms with Crippen molar-refractivity contribution < 1.29 is 4.79 Å². The minimum absolute atomic E-state index is 0.118. The van der Waals surface area contributed by atoms with E-state index in [-0.39, 0.29) is 5.69 Å². The molecule has 0 fully saturated rings. The third-order valence-electron chi connectivity index (χ3n) is 3.11. The first-order chi connectivity index (χ1) is 9.66. The van der Waals surface area contributed by atoms with Crippen molar-refractivity contribution in [3.8, 4) is 0 Å². The molecule has 1 amide bonds. The molecule has 3 rings (SSSR count). The number of nitrogens with two attached hydrogens (primary N) is 1. The largest absolute Gasteiger partial charge is 0.364 e. The first-order valence-electron chi connectivity index (χ1n) is 6.11. The summed E-state index contributed by atoms with van der Waals surface area (Å²) in [7, 11) is 0. The lowest BCUT2D eigenvalue weighted by Gasteiger charge is -2.09. The average Bonchev–Trinajstić information content (AvgIpc) is 2.82. The van der Waals surface area contributed by atoms with Gasteiger partial charge in [-0.25, -0.2) is 9.97 Å². The van der Waals surface area contributed by atoms with Crippen molar-refractivity contribution in [2.24, 2.45) is 5.73 Å². The van der Waals surface area contributed by atoms with Gasteiger partial charge in [0.05, 0.1) is 11.2 Å². The third kappa shape index (κ3) is 1.97. The maximum Gasteiger partial charge on any atom is 0.271 e. The first-order valence-corrected chi connectivity index (χ1v) is 6.11. The van der Waals surface area contributed by atoms with Gasteiger partial charge in [0.15, 0.2) is 11.5 Å². The summed E-state index contributed by atoms with van der Waals surface area (Å²) in [5, 5.41) is 4.22. The highest BCUT2D eigenvalue weighted by atomic mass is 16.1. The van der Waals surface area contributed by atoms with Gasteiger partial charge in [0.2, 0.25) is 0 Å². The number of benzene rings is 1. The van der Waals surface area contributed by atoms with Crippen molar-refractivity contribution >= 4 is 28.3 Å². The van der Waals surface area contributed by atoms with E-state index in [9.17, 15) is 4.79 Å². The molecule has 0 bridgehead atoms. The molecule has 0 spiro atoms. The fraction of sp³-hybridized carbons (Fsp3) is 0.0714. The number of carbonyl (C=O) groups is 1. The third-order valence-corrected chi connectivity index (χ3v) is 3.11. The van der Waals surface area contributed by atoms with Gasteiger partial charge in [0, 0.05) is 24.0 Å². The number of aromatic amines is 1. The first kappa shape index (κ1) is 12.2. The quantitative estimate of drug-likeness (QED) is 0.677.